The standard InChI is InChI=1S/C15H10BrF4NO2/c16-12-7-10(17)3-6-13(12)23-8-14(22)21-11-4-1-9(2-5-11)15(18,19)20/h1-7H,8H2,(H,21,22). The number of alkyl halides is 3. The number of hydrogen-bond acceptors (Lipinski definition) is 2. The van der Waals surface area contributed by atoms with Crippen molar-refractivity contribution >= 4 is 27.5 Å². The number of carbonyl (C=O) groups is 1. The van der Waals surface area contributed by atoms with Gasteiger partial charge in [-0.1, -0.05) is 0 Å². The fraction of sp³-hybridized carbons (Fsp3) is 0.133. The minimum absolute atomic E-state index is 0.213. The maximum Gasteiger partial charge on any atom is 0.416 e. The number of nitrogens with one attached hydrogen (secondary N) is 1. The van der Waals surface area contributed by atoms with E-state index in [9.17, 15) is 22.4 Å². The molecule has 0 aliphatic heterocycles. The molecule has 0 spiro atoms. The Balaban J connectivity index is 1.92. The maximum atomic E-state index is 12.9. The number of benzene rings is 2. The van der Waals surface area contributed by atoms with Crippen molar-refractivity contribution < 1.29 is 27.1 Å². The summed E-state index contributed by atoms with van der Waals surface area (Å²) in [6.07, 6.45) is -4.43. The number of carbonyl (C=O) groups excluding carboxylic acids is 1. The van der Waals surface area contributed by atoms with Gasteiger partial charge in [0.1, 0.15) is 11.6 Å². The number of anilines is 1. The number of amides is 1. The fourth-order valence-electron chi connectivity index (χ4n) is 1.68. The van der Waals surface area contributed by atoms with Gasteiger partial charge in [0, 0.05) is 5.69 Å². The van der Waals surface area contributed by atoms with Crippen LogP contribution in [-0.4, -0.2) is 12.5 Å². The summed E-state index contributed by atoms with van der Waals surface area (Å²) in [4.78, 5) is 11.7. The molecule has 0 saturated heterocycles. The van der Waals surface area contributed by atoms with Crippen molar-refractivity contribution in [2.75, 3.05) is 11.9 Å². The first-order valence-corrected chi connectivity index (χ1v) is 7.10. The van der Waals surface area contributed by atoms with Crippen LogP contribution in [0.4, 0.5) is 23.2 Å². The Morgan fingerprint density at radius 1 is 1.13 bits per heavy atom. The van der Waals surface area contributed by atoms with E-state index in [1.165, 1.54) is 18.2 Å². The van der Waals surface area contributed by atoms with E-state index in [-0.39, 0.29) is 18.0 Å². The van der Waals surface area contributed by atoms with Crippen LogP contribution in [0.5, 0.6) is 5.75 Å². The molecule has 0 aliphatic carbocycles. The summed E-state index contributed by atoms with van der Waals surface area (Å²) >= 11 is 3.09. The molecule has 0 bridgehead atoms. The van der Waals surface area contributed by atoms with Gasteiger partial charge in [-0.05, 0) is 58.4 Å². The third-order valence-electron chi connectivity index (χ3n) is 2.75. The minimum Gasteiger partial charge on any atom is -0.483 e. The first-order chi connectivity index (χ1) is 10.8. The summed E-state index contributed by atoms with van der Waals surface area (Å²) in [5.41, 5.74) is -0.591. The number of hydrogen-bond donors (Lipinski definition) is 1. The Morgan fingerprint density at radius 2 is 1.78 bits per heavy atom. The van der Waals surface area contributed by atoms with Crippen molar-refractivity contribution in [3.05, 3.63) is 58.3 Å². The zero-order valence-electron chi connectivity index (χ0n) is 11.5. The van der Waals surface area contributed by atoms with Gasteiger partial charge in [-0.3, -0.25) is 4.79 Å². The molecule has 1 amide bonds. The zero-order chi connectivity index (χ0) is 17.0. The molecule has 0 unspecified atom stereocenters. The molecule has 0 saturated carbocycles. The Hall–Kier alpha value is -2.09. The average molecular weight is 392 g/mol. The molecule has 0 radical (unpaired) electrons. The number of ether oxygens (including phenoxy) is 1. The smallest absolute Gasteiger partial charge is 0.416 e. The van der Waals surface area contributed by atoms with Crippen LogP contribution in [0.15, 0.2) is 46.9 Å². The largest absolute Gasteiger partial charge is 0.483 e. The van der Waals surface area contributed by atoms with Crippen molar-refractivity contribution in [3.63, 3.8) is 0 Å². The summed E-state index contributed by atoms with van der Waals surface area (Å²) in [6.45, 7) is -0.370. The third kappa shape index (κ3) is 4.95. The molecule has 0 aliphatic rings. The Bertz CT molecular complexity index is 702. The van der Waals surface area contributed by atoms with E-state index in [0.717, 1.165) is 24.3 Å². The molecule has 0 fully saturated rings. The monoisotopic (exact) mass is 391 g/mol. The lowest BCUT2D eigenvalue weighted by Gasteiger charge is -2.10. The second-order valence-corrected chi connectivity index (χ2v) is 5.34. The molecule has 23 heavy (non-hydrogen) atoms. The van der Waals surface area contributed by atoms with Crippen LogP contribution in [0.3, 0.4) is 0 Å². The summed E-state index contributed by atoms with van der Waals surface area (Å²) in [7, 11) is 0. The first-order valence-electron chi connectivity index (χ1n) is 6.30. The van der Waals surface area contributed by atoms with Gasteiger partial charge in [0.25, 0.3) is 5.91 Å². The quantitative estimate of drug-likeness (QED) is 0.771. The molecule has 0 heterocycles. The normalized spacial score (nSPS) is 11.2. The SMILES string of the molecule is O=C(COc1ccc(F)cc1Br)Nc1ccc(C(F)(F)F)cc1. The highest BCUT2D eigenvalue weighted by molar-refractivity contribution is 9.10. The van der Waals surface area contributed by atoms with Gasteiger partial charge in [0.05, 0.1) is 10.0 Å². The van der Waals surface area contributed by atoms with Crippen LogP contribution in [0, 0.1) is 5.82 Å². The van der Waals surface area contributed by atoms with E-state index in [0.29, 0.717) is 4.47 Å². The van der Waals surface area contributed by atoms with E-state index >= 15 is 0 Å². The summed E-state index contributed by atoms with van der Waals surface area (Å²) in [6, 6.07) is 7.74. The lowest BCUT2D eigenvalue weighted by atomic mass is 10.2. The second-order valence-electron chi connectivity index (χ2n) is 4.49. The van der Waals surface area contributed by atoms with Gasteiger partial charge in [0.2, 0.25) is 0 Å². The van der Waals surface area contributed by atoms with Gasteiger partial charge in [-0.25, -0.2) is 4.39 Å². The van der Waals surface area contributed by atoms with E-state index in [1.54, 1.807) is 0 Å². The molecule has 3 nitrogen and oxygen atoms in total. The van der Waals surface area contributed by atoms with Crippen molar-refractivity contribution in [2.45, 2.75) is 6.18 Å². The van der Waals surface area contributed by atoms with Gasteiger partial charge < -0.3 is 10.1 Å². The van der Waals surface area contributed by atoms with Gasteiger partial charge in [-0.15, -0.1) is 0 Å². The average Bonchev–Trinajstić information content (AvgIpc) is 2.46. The Morgan fingerprint density at radius 3 is 2.35 bits per heavy atom. The van der Waals surface area contributed by atoms with Crippen molar-refractivity contribution in [3.8, 4) is 5.75 Å². The van der Waals surface area contributed by atoms with E-state index in [2.05, 4.69) is 21.2 Å². The van der Waals surface area contributed by atoms with Gasteiger partial charge >= 0.3 is 6.18 Å². The number of halogens is 5. The predicted octanol–water partition coefficient (Wildman–Crippen LogP) is 4.62. The second kappa shape index (κ2) is 6.99. The van der Waals surface area contributed by atoms with Crippen molar-refractivity contribution in [1.82, 2.24) is 0 Å². The Kier molecular flexibility index (Phi) is 5.25. The van der Waals surface area contributed by atoms with Crippen LogP contribution in [0.2, 0.25) is 0 Å². The molecular formula is C15H10BrF4NO2. The van der Waals surface area contributed by atoms with Crippen LogP contribution < -0.4 is 10.1 Å². The zero-order valence-corrected chi connectivity index (χ0v) is 13.0. The maximum absolute atomic E-state index is 12.9. The van der Waals surface area contributed by atoms with Crippen LogP contribution in [0.1, 0.15) is 5.56 Å². The highest BCUT2D eigenvalue weighted by Crippen LogP contribution is 2.30. The highest BCUT2D eigenvalue weighted by Gasteiger charge is 2.29. The molecule has 122 valence electrons. The van der Waals surface area contributed by atoms with Gasteiger partial charge in [0.15, 0.2) is 6.61 Å². The summed E-state index contributed by atoms with van der Waals surface area (Å²) in [5.74, 6) is -0.742. The van der Waals surface area contributed by atoms with E-state index in [1.807, 2.05) is 0 Å². The molecule has 0 atom stereocenters. The molecule has 1 N–H and O–H groups in total. The third-order valence-corrected chi connectivity index (χ3v) is 3.37. The van der Waals surface area contributed by atoms with Crippen LogP contribution in [-0.2, 0) is 11.0 Å². The minimum atomic E-state index is -4.43. The lowest BCUT2D eigenvalue weighted by Crippen LogP contribution is -2.20. The Labute approximate surface area is 137 Å². The van der Waals surface area contributed by atoms with Crippen LogP contribution >= 0.6 is 15.9 Å². The van der Waals surface area contributed by atoms with E-state index < -0.39 is 23.5 Å². The molecule has 0 aromatic heterocycles. The highest BCUT2D eigenvalue weighted by atomic mass is 79.9. The number of rotatable bonds is 4. The first kappa shape index (κ1) is 17.3. The van der Waals surface area contributed by atoms with Gasteiger partial charge in [-0.2, -0.15) is 13.2 Å². The fourth-order valence-corrected chi connectivity index (χ4v) is 2.14. The van der Waals surface area contributed by atoms with Crippen molar-refractivity contribution in [2.24, 2.45) is 0 Å². The van der Waals surface area contributed by atoms with Crippen molar-refractivity contribution in [1.29, 1.82) is 0 Å². The molecule has 8 heteroatoms. The molecule has 2 rings (SSSR count). The summed E-state index contributed by atoms with van der Waals surface area (Å²) < 4.78 is 55.7. The topological polar surface area (TPSA) is 38.3 Å². The molecular weight excluding hydrogens is 382 g/mol. The predicted molar refractivity (Wildman–Crippen MR) is 79.7 cm³/mol. The van der Waals surface area contributed by atoms with E-state index in [4.69, 9.17) is 4.74 Å². The lowest BCUT2D eigenvalue weighted by molar-refractivity contribution is -0.137. The molecule has 2 aromatic carbocycles. The van der Waals surface area contributed by atoms with Crippen LogP contribution in [0.25, 0.3) is 0 Å². The summed E-state index contributed by atoms with van der Waals surface area (Å²) in [5, 5.41) is 2.40. The molecule has 2 aromatic rings.